The van der Waals surface area contributed by atoms with E-state index in [0.29, 0.717) is 16.9 Å². The van der Waals surface area contributed by atoms with Crippen LogP contribution in [0.1, 0.15) is 29.5 Å². The molecule has 3 atom stereocenters. The fraction of sp³-hybridized carbons (Fsp3) is 0.222. The Morgan fingerprint density at radius 1 is 1.09 bits per heavy atom. The molecule has 0 saturated carbocycles. The molecular weight excluding hydrogens is 381 g/mol. The van der Waals surface area contributed by atoms with Crippen LogP contribution in [0.2, 0.25) is 10.0 Å². The molecule has 0 saturated heterocycles. The predicted octanol–water partition coefficient (Wildman–Crippen LogP) is 6.58. The Morgan fingerprint density at radius 3 is 2.64 bits per heavy atom. The van der Waals surface area contributed by atoms with Gasteiger partial charge in [0.2, 0.25) is 0 Å². The van der Waals surface area contributed by atoms with Gasteiger partial charge in [0.1, 0.15) is 0 Å². The lowest BCUT2D eigenvalue weighted by Gasteiger charge is -2.38. The van der Waals surface area contributed by atoms with Crippen LogP contribution in [0.15, 0.2) is 53.0 Å². The van der Waals surface area contributed by atoms with Crippen LogP contribution in [-0.4, -0.2) is 0 Å². The maximum absolute atomic E-state index is 6.46. The largest absolute Gasteiger partial charge is 0.378 e. The van der Waals surface area contributed by atoms with E-state index < -0.39 is 0 Å². The minimum Gasteiger partial charge on any atom is -0.378 e. The molecule has 1 N–H and O–H groups in total. The second-order valence-electron chi connectivity index (χ2n) is 5.88. The van der Waals surface area contributed by atoms with Crippen molar-refractivity contribution in [2.45, 2.75) is 18.4 Å². The van der Waals surface area contributed by atoms with Crippen molar-refractivity contribution in [2.24, 2.45) is 5.92 Å². The first-order chi connectivity index (χ1) is 10.6. The Kier molecular flexibility index (Phi) is 3.72. The van der Waals surface area contributed by atoms with Crippen molar-refractivity contribution in [3.8, 4) is 0 Å². The third kappa shape index (κ3) is 2.38. The van der Waals surface area contributed by atoms with Gasteiger partial charge >= 0.3 is 0 Å². The summed E-state index contributed by atoms with van der Waals surface area (Å²) in [5.74, 6) is 0.849. The van der Waals surface area contributed by atoms with E-state index in [-0.39, 0.29) is 6.04 Å². The van der Waals surface area contributed by atoms with Gasteiger partial charge in [0, 0.05) is 31.7 Å². The molecule has 0 fully saturated rings. The normalized spacial score (nSPS) is 25.5. The summed E-state index contributed by atoms with van der Waals surface area (Å²) in [6.07, 6.45) is 5.62. The zero-order valence-corrected chi connectivity index (χ0v) is 14.8. The van der Waals surface area contributed by atoms with Crippen LogP contribution in [0.25, 0.3) is 0 Å². The summed E-state index contributed by atoms with van der Waals surface area (Å²) in [7, 11) is 0. The Bertz CT molecular complexity index is 754. The first-order valence-corrected chi connectivity index (χ1v) is 8.86. The Balaban J connectivity index is 1.82. The van der Waals surface area contributed by atoms with Crippen LogP contribution in [0.5, 0.6) is 0 Å². The van der Waals surface area contributed by atoms with Gasteiger partial charge in [-0.15, -0.1) is 0 Å². The Labute approximate surface area is 148 Å². The molecule has 0 amide bonds. The molecule has 1 nitrogen and oxygen atoms in total. The van der Waals surface area contributed by atoms with Gasteiger partial charge in [0.25, 0.3) is 0 Å². The molecule has 2 aliphatic rings. The third-order valence-corrected chi connectivity index (χ3v) is 5.67. The molecule has 1 heterocycles. The van der Waals surface area contributed by atoms with E-state index in [0.717, 1.165) is 21.6 Å². The van der Waals surface area contributed by atoms with E-state index in [4.69, 9.17) is 23.2 Å². The lowest BCUT2D eigenvalue weighted by molar-refractivity contribution is 0.425. The minimum absolute atomic E-state index is 0.273. The predicted molar refractivity (Wildman–Crippen MR) is 97.0 cm³/mol. The van der Waals surface area contributed by atoms with Crippen molar-refractivity contribution in [3.63, 3.8) is 0 Å². The van der Waals surface area contributed by atoms with Crippen molar-refractivity contribution in [1.29, 1.82) is 0 Å². The van der Waals surface area contributed by atoms with E-state index in [2.05, 4.69) is 57.7 Å². The van der Waals surface area contributed by atoms with E-state index in [1.807, 2.05) is 12.1 Å². The maximum atomic E-state index is 6.46. The van der Waals surface area contributed by atoms with Crippen LogP contribution >= 0.6 is 39.1 Å². The van der Waals surface area contributed by atoms with Crippen molar-refractivity contribution in [3.05, 3.63) is 74.2 Å². The molecule has 112 valence electrons. The van der Waals surface area contributed by atoms with Gasteiger partial charge in [0.05, 0.1) is 6.04 Å². The highest BCUT2D eigenvalue weighted by atomic mass is 79.9. The van der Waals surface area contributed by atoms with Crippen molar-refractivity contribution in [1.82, 2.24) is 0 Å². The molecule has 0 spiro atoms. The Morgan fingerprint density at radius 2 is 1.86 bits per heavy atom. The van der Waals surface area contributed by atoms with Crippen molar-refractivity contribution < 1.29 is 0 Å². The molecular formula is C18H14BrCl2N. The first kappa shape index (κ1) is 14.6. The number of fused-ring (bicyclic) bond motifs is 3. The summed E-state index contributed by atoms with van der Waals surface area (Å²) in [5, 5.41) is 5.09. The maximum Gasteiger partial charge on any atom is 0.0553 e. The third-order valence-electron chi connectivity index (χ3n) is 4.61. The van der Waals surface area contributed by atoms with Gasteiger partial charge < -0.3 is 5.32 Å². The van der Waals surface area contributed by atoms with Crippen molar-refractivity contribution >= 4 is 44.8 Å². The van der Waals surface area contributed by atoms with Gasteiger partial charge in [-0.25, -0.2) is 0 Å². The smallest absolute Gasteiger partial charge is 0.0553 e. The number of rotatable bonds is 1. The fourth-order valence-electron chi connectivity index (χ4n) is 3.64. The molecule has 2 aromatic rings. The highest BCUT2D eigenvalue weighted by molar-refractivity contribution is 9.10. The standard InChI is InChI=1S/C18H14BrCl2N/c19-11-6-4-10(5-7-11)18-14-3-1-2-13(14)17-15(21)8-12(20)9-16(17)22-18/h1-2,4-9,13-14,18,22H,3H2. The van der Waals surface area contributed by atoms with Gasteiger partial charge in [-0.05, 0) is 42.2 Å². The van der Waals surface area contributed by atoms with Gasteiger partial charge in [-0.3, -0.25) is 0 Å². The molecule has 4 rings (SSSR count). The number of halogens is 3. The highest BCUT2D eigenvalue weighted by Crippen LogP contribution is 2.52. The summed E-state index contributed by atoms with van der Waals surface area (Å²) < 4.78 is 1.10. The number of anilines is 1. The van der Waals surface area contributed by atoms with Crippen LogP contribution in [0.4, 0.5) is 5.69 Å². The lowest BCUT2D eigenvalue weighted by atomic mass is 9.77. The average Bonchev–Trinajstić information content (AvgIpc) is 2.95. The molecule has 4 heteroatoms. The van der Waals surface area contributed by atoms with E-state index in [1.165, 1.54) is 11.1 Å². The number of benzene rings is 2. The first-order valence-electron chi connectivity index (χ1n) is 7.31. The topological polar surface area (TPSA) is 12.0 Å². The summed E-state index contributed by atoms with van der Waals surface area (Å²) >= 11 is 16.2. The summed E-state index contributed by atoms with van der Waals surface area (Å²) in [6.45, 7) is 0. The quantitative estimate of drug-likeness (QED) is 0.538. The zero-order chi connectivity index (χ0) is 15.3. The van der Waals surface area contributed by atoms with Gasteiger partial charge in [0.15, 0.2) is 0 Å². The molecule has 0 aromatic heterocycles. The van der Waals surface area contributed by atoms with Crippen LogP contribution in [0.3, 0.4) is 0 Å². The monoisotopic (exact) mass is 393 g/mol. The molecule has 0 bridgehead atoms. The SMILES string of the molecule is Clc1cc(Cl)c2c(c1)NC(c1ccc(Br)cc1)C1CC=CC21. The number of hydrogen-bond acceptors (Lipinski definition) is 1. The van der Waals surface area contributed by atoms with Gasteiger partial charge in [-0.1, -0.05) is 63.4 Å². The number of nitrogens with one attached hydrogen (secondary N) is 1. The van der Waals surface area contributed by atoms with E-state index in [9.17, 15) is 0 Å². The molecule has 1 aliphatic heterocycles. The molecule has 1 aliphatic carbocycles. The second-order valence-corrected chi connectivity index (χ2v) is 7.64. The van der Waals surface area contributed by atoms with Crippen LogP contribution < -0.4 is 5.32 Å². The molecule has 2 aromatic carbocycles. The lowest BCUT2D eigenvalue weighted by Crippen LogP contribution is -2.29. The molecule has 3 unspecified atom stereocenters. The van der Waals surface area contributed by atoms with Crippen LogP contribution in [-0.2, 0) is 0 Å². The fourth-order valence-corrected chi connectivity index (χ4v) is 4.53. The number of allylic oxidation sites excluding steroid dienone is 2. The summed E-state index contributed by atoms with van der Waals surface area (Å²) in [5.41, 5.74) is 3.53. The second kappa shape index (κ2) is 5.59. The van der Waals surface area contributed by atoms with E-state index in [1.54, 1.807) is 0 Å². The molecule has 0 radical (unpaired) electrons. The van der Waals surface area contributed by atoms with E-state index >= 15 is 0 Å². The zero-order valence-electron chi connectivity index (χ0n) is 11.7. The van der Waals surface area contributed by atoms with Crippen LogP contribution in [0, 0.1) is 5.92 Å². The summed E-state index contributed by atoms with van der Waals surface area (Å²) in [6, 6.07) is 12.6. The highest BCUT2D eigenvalue weighted by Gasteiger charge is 2.39. The minimum atomic E-state index is 0.273. The average molecular weight is 395 g/mol. The molecule has 22 heavy (non-hydrogen) atoms. The summed E-state index contributed by atoms with van der Waals surface area (Å²) in [4.78, 5) is 0. The Hall–Kier alpha value is -0.960. The number of hydrogen-bond donors (Lipinski definition) is 1. The van der Waals surface area contributed by atoms with Crippen molar-refractivity contribution in [2.75, 3.05) is 5.32 Å². The van der Waals surface area contributed by atoms with Gasteiger partial charge in [-0.2, -0.15) is 0 Å².